The van der Waals surface area contributed by atoms with Crippen molar-refractivity contribution < 1.29 is 33.4 Å². The molecule has 0 bridgehead atoms. The minimum absolute atomic E-state index is 0.0644. The smallest absolute Gasteiger partial charge is 0.308 e. The average molecular weight is 598 g/mol. The third-order valence-corrected chi connectivity index (χ3v) is 8.54. The van der Waals surface area contributed by atoms with Gasteiger partial charge in [0.15, 0.2) is 11.5 Å². The van der Waals surface area contributed by atoms with E-state index >= 15 is 0 Å². The number of likely N-dealkylation sites (tertiary alicyclic amines) is 1. The summed E-state index contributed by atoms with van der Waals surface area (Å²) in [5.41, 5.74) is 1.72. The van der Waals surface area contributed by atoms with Crippen molar-refractivity contribution in [2.24, 2.45) is 5.92 Å². The minimum atomic E-state index is -0.870. The van der Waals surface area contributed by atoms with Crippen LogP contribution in [0.25, 0.3) is 0 Å². The average Bonchev–Trinajstić information content (AvgIpc) is 3.60. The Bertz CT molecular complexity index is 1220. The highest BCUT2D eigenvalue weighted by molar-refractivity contribution is 5.79. The molecule has 1 unspecified atom stereocenters. The zero-order valence-corrected chi connectivity index (χ0v) is 26.5. The van der Waals surface area contributed by atoms with Gasteiger partial charge in [-0.3, -0.25) is 19.5 Å². The lowest BCUT2D eigenvalue weighted by atomic mass is 9.83. The number of benzene rings is 1. The fourth-order valence-electron chi connectivity index (χ4n) is 6.27. The van der Waals surface area contributed by atoms with Gasteiger partial charge < -0.3 is 28.7 Å². The highest BCUT2D eigenvalue weighted by atomic mass is 16.7. The zero-order chi connectivity index (χ0) is 31.0. The van der Waals surface area contributed by atoms with Crippen molar-refractivity contribution in [3.8, 4) is 17.2 Å². The van der Waals surface area contributed by atoms with Gasteiger partial charge in [-0.1, -0.05) is 19.4 Å². The van der Waals surface area contributed by atoms with Crippen LogP contribution in [0.3, 0.4) is 0 Å². The molecule has 0 aliphatic carbocycles. The summed E-state index contributed by atoms with van der Waals surface area (Å²) >= 11 is 0. The SMILES string of the molecule is CCCCN(CCCC[N+](C)(C)C)C(=O)CN1C[C@H](c2cc(OC)c3c(c2)OCO3)C(C(=O)O)[C@@H]1CCc1ccccn1. The third-order valence-electron chi connectivity index (χ3n) is 8.54. The van der Waals surface area contributed by atoms with E-state index in [1.165, 1.54) is 0 Å². The maximum atomic E-state index is 13.9. The number of fused-ring (bicyclic) bond motifs is 1. The van der Waals surface area contributed by atoms with E-state index in [0.717, 1.165) is 61.1 Å². The van der Waals surface area contributed by atoms with Crippen molar-refractivity contribution in [1.82, 2.24) is 14.8 Å². The van der Waals surface area contributed by atoms with E-state index in [-0.39, 0.29) is 31.2 Å². The fourth-order valence-corrected chi connectivity index (χ4v) is 6.27. The van der Waals surface area contributed by atoms with E-state index in [9.17, 15) is 14.7 Å². The summed E-state index contributed by atoms with van der Waals surface area (Å²) in [6.45, 7) is 5.36. The molecule has 2 aliphatic rings. The van der Waals surface area contributed by atoms with E-state index in [0.29, 0.717) is 36.6 Å². The lowest BCUT2D eigenvalue weighted by molar-refractivity contribution is -0.870. The number of aromatic nitrogens is 1. The summed E-state index contributed by atoms with van der Waals surface area (Å²) in [6, 6.07) is 9.17. The molecule has 1 N–H and O–H groups in total. The Labute approximate surface area is 256 Å². The van der Waals surface area contributed by atoms with Crippen LogP contribution in [0, 0.1) is 5.92 Å². The number of rotatable bonds is 16. The minimum Gasteiger partial charge on any atom is -0.493 e. The highest BCUT2D eigenvalue weighted by Gasteiger charge is 2.47. The Morgan fingerprint density at radius 1 is 1.14 bits per heavy atom. The summed E-state index contributed by atoms with van der Waals surface area (Å²) in [4.78, 5) is 35.3. The van der Waals surface area contributed by atoms with E-state index in [2.05, 4.69) is 38.0 Å². The van der Waals surface area contributed by atoms with Gasteiger partial charge in [0.1, 0.15) is 0 Å². The number of carbonyl (C=O) groups is 2. The number of nitrogens with zero attached hydrogens (tertiary/aromatic N) is 4. The van der Waals surface area contributed by atoms with Crippen LogP contribution in [0.15, 0.2) is 36.5 Å². The molecule has 2 aromatic rings. The van der Waals surface area contributed by atoms with Crippen LogP contribution in [-0.4, -0.2) is 110 Å². The Balaban J connectivity index is 1.58. The van der Waals surface area contributed by atoms with Gasteiger partial charge in [0.25, 0.3) is 0 Å². The van der Waals surface area contributed by atoms with Gasteiger partial charge in [0, 0.05) is 43.5 Å². The predicted octanol–water partition coefficient (Wildman–Crippen LogP) is 4.04. The van der Waals surface area contributed by atoms with Crippen molar-refractivity contribution in [2.75, 3.05) is 67.8 Å². The molecule has 4 rings (SSSR count). The van der Waals surface area contributed by atoms with Gasteiger partial charge >= 0.3 is 5.97 Å². The normalized spacial score (nSPS) is 19.9. The Hall–Kier alpha value is -3.37. The van der Waals surface area contributed by atoms with Gasteiger partial charge in [0.2, 0.25) is 18.4 Å². The van der Waals surface area contributed by atoms with Crippen molar-refractivity contribution in [3.05, 3.63) is 47.8 Å². The van der Waals surface area contributed by atoms with Gasteiger partial charge in [-0.2, -0.15) is 0 Å². The van der Waals surface area contributed by atoms with Crippen LogP contribution < -0.4 is 14.2 Å². The summed E-state index contributed by atoms with van der Waals surface area (Å²) < 4.78 is 17.7. The molecule has 10 nitrogen and oxygen atoms in total. The quantitative estimate of drug-likeness (QED) is 0.229. The summed E-state index contributed by atoms with van der Waals surface area (Å²) in [5.74, 6) is -0.260. The molecule has 0 saturated carbocycles. The number of hydrogen-bond acceptors (Lipinski definition) is 7. The van der Waals surface area contributed by atoms with Crippen LogP contribution in [-0.2, 0) is 16.0 Å². The predicted molar refractivity (Wildman–Crippen MR) is 165 cm³/mol. The molecule has 10 heteroatoms. The van der Waals surface area contributed by atoms with Crippen LogP contribution in [0.1, 0.15) is 56.2 Å². The maximum Gasteiger partial charge on any atom is 0.308 e. The molecule has 1 aromatic heterocycles. The molecular formula is C33H49N4O6+. The van der Waals surface area contributed by atoms with E-state index in [1.54, 1.807) is 13.3 Å². The monoisotopic (exact) mass is 597 g/mol. The number of carbonyl (C=O) groups excluding carboxylic acids is 1. The van der Waals surface area contributed by atoms with Crippen molar-refractivity contribution in [2.45, 2.75) is 57.4 Å². The number of methoxy groups -OCH3 is 1. The first-order valence-corrected chi connectivity index (χ1v) is 15.5. The van der Waals surface area contributed by atoms with Gasteiger partial charge in [0.05, 0.1) is 47.3 Å². The van der Waals surface area contributed by atoms with Crippen molar-refractivity contribution in [3.63, 3.8) is 0 Å². The summed E-state index contributed by atoms with van der Waals surface area (Å²) in [7, 11) is 8.12. The van der Waals surface area contributed by atoms with Crippen LogP contribution >= 0.6 is 0 Å². The highest BCUT2D eigenvalue weighted by Crippen LogP contribution is 2.47. The number of ether oxygens (including phenoxy) is 3. The molecule has 1 amide bonds. The Morgan fingerprint density at radius 2 is 1.93 bits per heavy atom. The number of amides is 1. The number of quaternary nitrogens is 1. The van der Waals surface area contributed by atoms with E-state index < -0.39 is 11.9 Å². The second-order valence-corrected chi connectivity index (χ2v) is 12.7. The first-order valence-electron chi connectivity index (χ1n) is 15.5. The Morgan fingerprint density at radius 3 is 2.60 bits per heavy atom. The zero-order valence-electron chi connectivity index (χ0n) is 26.5. The molecule has 1 fully saturated rings. The lowest BCUT2D eigenvalue weighted by Crippen LogP contribution is -2.45. The number of hydrogen-bond donors (Lipinski definition) is 1. The van der Waals surface area contributed by atoms with Crippen molar-refractivity contribution >= 4 is 11.9 Å². The van der Waals surface area contributed by atoms with E-state index in [1.807, 2.05) is 35.2 Å². The number of aryl methyl sites for hydroxylation is 1. The molecule has 0 spiro atoms. The molecule has 1 saturated heterocycles. The van der Waals surface area contributed by atoms with Gasteiger partial charge in [-0.25, -0.2) is 0 Å². The first kappa shape index (κ1) is 32.5. The Kier molecular flexibility index (Phi) is 11.3. The van der Waals surface area contributed by atoms with Crippen LogP contribution in [0.5, 0.6) is 17.2 Å². The number of carboxylic acid groups (broad SMARTS) is 1. The number of unbranched alkanes of at least 4 members (excludes halogenated alkanes) is 2. The van der Waals surface area contributed by atoms with Crippen molar-refractivity contribution in [1.29, 1.82) is 0 Å². The lowest BCUT2D eigenvalue weighted by Gasteiger charge is -2.30. The van der Waals surface area contributed by atoms with Gasteiger partial charge in [-0.05, 0) is 61.9 Å². The maximum absolute atomic E-state index is 13.9. The standard InChI is InChI=1S/C33H48N4O6/c1-6-7-16-35(17-10-11-18-37(2,3)4)30(38)22-36-21-26(24-19-28(41-5)32-29(20-24)42-23-43-32)31(33(39)40)27(36)14-13-25-12-8-9-15-34-25/h8-9,12,15,19-20,26-27,31H,6-7,10-11,13-14,16-18,21-23H2,1-5H3/p+1/t26-,27+,31?/m1/s1. The number of carboxylic acids is 1. The second kappa shape index (κ2) is 14.9. The van der Waals surface area contributed by atoms with E-state index in [4.69, 9.17) is 14.2 Å². The number of aliphatic carboxylic acids is 1. The fraction of sp³-hybridized carbons (Fsp3) is 0.606. The second-order valence-electron chi connectivity index (χ2n) is 12.7. The molecule has 3 atom stereocenters. The molecule has 3 heterocycles. The third kappa shape index (κ3) is 8.60. The molecule has 0 radical (unpaired) electrons. The molecule has 43 heavy (non-hydrogen) atoms. The van der Waals surface area contributed by atoms with Gasteiger partial charge in [-0.15, -0.1) is 0 Å². The summed E-state index contributed by atoms with van der Waals surface area (Å²) in [6.07, 6.45) is 6.91. The molecule has 2 aliphatic heterocycles. The van der Waals surface area contributed by atoms with Crippen LogP contribution in [0.2, 0.25) is 0 Å². The molecule has 1 aromatic carbocycles. The summed E-state index contributed by atoms with van der Waals surface area (Å²) in [5, 5.41) is 10.6. The topological polar surface area (TPSA) is 101 Å². The molecule has 236 valence electrons. The van der Waals surface area contributed by atoms with Crippen LogP contribution in [0.4, 0.5) is 0 Å². The number of pyridine rings is 1. The largest absolute Gasteiger partial charge is 0.493 e. The molecular weight excluding hydrogens is 548 g/mol. The first-order chi connectivity index (χ1) is 20.6.